The fourth-order valence-corrected chi connectivity index (χ4v) is 2.83. The molecule has 0 amide bonds. The number of amidine groups is 1. The highest BCUT2D eigenvalue weighted by molar-refractivity contribution is 5.86. The van der Waals surface area contributed by atoms with Crippen LogP contribution in [0, 0.1) is 19.8 Å². The first-order valence-corrected chi connectivity index (χ1v) is 8.04. The van der Waals surface area contributed by atoms with Crippen LogP contribution in [0.3, 0.4) is 0 Å². The van der Waals surface area contributed by atoms with Gasteiger partial charge in [-0.25, -0.2) is 8.78 Å². The summed E-state index contributed by atoms with van der Waals surface area (Å²) in [5.41, 5.74) is 4.79. The van der Waals surface area contributed by atoms with Gasteiger partial charge in [0.1, 0.15) is 5.84 Å². The zero-order valence-corrected chi connectivity index (χ0v) is 14.0. The predicted octanol–water partition coefficient (Wildman–Crippen LogP) is 4.58. The highest BCUT2D eigenvalue weighted by atomic mass is 19.3. The minimum absolute atomic E-state index is 0.0650. The van der Waals surface area contributed by atoms with Crippen LogP contribution in [-0.2, 0) is 0 Å². The molecule has 3 rings (SSSR count). The lowest BCUT2D eigenvalue weighted by Gasteiger charge is -2.24. The van der Waals surface area contributed by atoms with Gasteiger partial charge in [0.05, 0.1) is 0 Å². The molecule has 24 heavy (non-hydrogen) atoms. The van der Waals surface area contributed by atoms with Crippen LogP contribution in [0.25, 0.3) is 5.57 Å². The van der Waals surface area contributed by atoms with E-state index in [0.717, 1.165) is 11.1 Å². The third-order valence-corrected chi connectivity index (χ3v) is 4.68. The van der Waals surface area contributed by atoms with Crippen LogP contribution < -0.4 is 0 Å². The Morgan fingerprint density at radius 3 is 2.62 bits per heavy atom. The van der Waals surface area contributed by atoms with Gasteiger partial charge in [-0.2, -0.15) is 5.10 Å². The van der Waals surface area contributed by atoms with E-state index in [1.165, 1.54) is 11.1 Å². The normalized spacial score (nSPS) is 22.3. The molecule has 0 bridgehead atoms. The number of hydrogen-bond acceptors (Lipinski definition) is 2. The standard InChI is InChI=1S/C19H21F2N3/c1-13-4-5-16(10-14(13)2)15-6-8-24(9-7-15)18(23-22-3)11-17-12-19(17,20)21/h4-8,10,17H,3,9,11-12H2,1-2H3/b23-18-. The van der Waals surface area contributed by atoms with Gasteiger partial charge < -0.3 is 4.90 Å². The first-order valence-electron chi connectivity index (χ1n) is 8.04. The fourth-order valence-electron chi connectivity index (χ4n) is 2.83. The van der Waals surface area contributed by atoms with E-state index < -0.39 is 11.8 Å². The Balaban J connectivity index is 1.71. The van der Waals surface area contributed by atoms with Crippen molar-refractivity contribution in [3.8, 4) is 0 Å². The summed E-state index contributed by atoms with van der Waals surface area (Å²) in [5, 5.41) is 7.49. The molecule has 0 aromatic heterocycles. The van der Waals surface area contributed by atoms with Crippen LogP contribution in [-0.4, -0.2) is 29.9 Å². The average molecular weight is 329 g/mol. The lowest BCUT2D eigenvalue weighted by atomic mass is 9.99. The van der Waals surface area contributed by atoms with Gasteiger partial charge in [0, 0.05) is 38.2 Å². The molecule has 0 saturated heterocycles. The first kappa shape index (κ1) is 16.6. The van der Waals surface area contributed by atoms with Crippen molar-refractivity contribution < 1.29 is 8.78 Å². The largest absolute Gasteiger partial charge is 0.331 e. The van der Waals surface area contributed by atoms with Crippen molar-refractivity contribution in [2.75, 3.05) is 6.54 Å². The molecule has 1 unspecified atom stereocenters. The van der Waals surface area contributed by atoms with Crippen LogP contribution in [0.15, 0.2) is 46.8 Å². The number of rotatable bonds is 4. The van der Waals surface area contributed by atoms with E-state index in [-0.39, 0.29) is 12.8 Å². The van der Waals surface area contributed by atoms with Crippen LogP contribution in [0.4, 0.5) is 8.78 Å². The third kappa shape index (κ3) is 3.45. The molecule has 126 valence electrons. The van der Waals surface area contributed by atoms with E-state index in [1.807, 2.05) is 17.2 Å². The Bertz CT molecular complexity index is 747. The van der Waals surface area contributed by atoms with Crippen molar-refractivity contribution >= 4 is 18.1 Å². The van der Waals surface area contributed by atoms with Gasteiger partial charge in [0.15, 0.2) is 0 Å². The molecule has 1 atom stereocenters. The van der Waals surface area contributed by atoms with Gasteiger partial charge in [-0.3, -0.25) is 0 Å². The van der Waals surface area contributed by atoms with Crippen molar-refractivity contribution in [2.45, 2.75) is 32.6 Å². The van der Waals surface area contributed by atoms with Crippen LogP contribution >= 0.6 is 0 Å². The highest BCUT2D eigenvalue weighted by Crippen LogP contribution is 2.51. The predicted molar refractivity (Wildman–Crippen MR) is 94.4 cm³/mol. The van der Waals surface area contributed by atoms with Gasteiger partial charge in [-0.05, 0) is 42.2 Å². The summed E-state index contributed by atoms with van der Waals surface area (Å²) in [6, 6.07) is 6.36. The number of nitrogens with zero attached hydrogens (tertiary/aromatic N) is 3. The fraction of sp³-hybridized carbons (Fsp3) is 0.368. The second-order valence-corrected chi connectivity index (χ2v) is 6.45. The third-order valence-electron chi connectivity index (χ3n) is 4.68. The van der Waals surface area contributed by atoms with Gasteiger partial charge in [-0.1, -0.05) is 24.3 Å². The van der Waals surface area contributed by atoms with Crippen LogP contribution in [0.1, 0.15) is 29.5 Å². The van der Waals surface area contributed by atoms with Crippen LogP contribution in [0.5, 0.6) is 0 Å². The molecule has 0 radical (unpaired) electrons. The Hall–Kier alpha value is -2.30. The quantitative estimate of drug-likeness (QED) is 0.451. The zero-order valence-electron chi connectivity index (χ0n) is 14.0. The van der Waals surface area contributed by atoms with Gasteiger partial charge >= 0.3 is 0 Å². The molecule has 1 aromatic rings. The second kappa shape index (κ2) is 6.30. The molecular weight excluding hydrogens is 308 g/mol. The summed E-state index contributed by atoms with van der Waals surface area (Å²) in [5.74, 6) is -2.64. The summed E-state index contributed by atoms with van der Waals surface area (Å²) in [7, 11) is 0. The van der Waals surface area contributed by atoms with Crippen molar-refractivity contribution in [2.24, 2.45) is 16.1 Å². The molecule has 2 aliphatic rings. The summed E-state index contributed by atoms with van der Waals surface area (Å²) < 4.78 is 26.3. The molecule has 5 heteroatoms. The monoisotopic (exact) mass is 329 g/mol. The number of halogens is 2. The number of benzene rings is 1. The van der Waals surface area contributed by atoms with E-state index >= 15 is 0 Å². The Kier molecular flexibility index (Phi) is 4.35. The van der Waals surface area contributed by atoms with E-state index in [1.54, 1.807) is 0 Å². The lowest BCUT2D eigenvalue weighted by molar-refractivity contribution is 0.0998. The van der Waals surface area contributed by atoms with Crippen molar-refractivity contribution in [3.63, 3.8) is 0 Å². The minimum Gasteiger partial charge on any atom is -0.331 e. The van der Waals surface area contributed by atoms with E-state index in [2.05, 4.69) is 55.0 Å². The SMILES string of the molecule is C=N/N=C(/CC1CC1(F)F)N1C=CC(c2ccc(C)c(C)c2)=CC1. The van der Waals surface area contributed by atoms with Crippen molar-refractivity contribution in [1.29, 1.82) is 0 Å². The molecule has 0 spiro atoms. The van der Waals surface area contributed by atoms with Crippen molar-refractivity contribution in [3.05, 3.63) is 53.2 Å². The zero-order chi connectivity index (χ0) is 17.3. The lowest BCUT2D eigenvalue weighted by Crippen LogP contribution is -2.28. The molecule has 3 nitrogen and oxygen atoms in total. The number of allylic oxidation sites excluding steroid dienone is 2. The van der Waals surface area contributed by atoms with E-state index in [9.17, 15) is 8.78 Å². The topological polar surface area (TPSA) is 28.0 Å². The Morgan fingerprint density at radius 1 is 1.33 bits per heavy atom. The number of aryl methyl sites for hydroxylation is 2. The Morgan fingerprint density at radius 2 is 2.08 bits per heavy atom. The molecule has 1 fully saturated rings. The molecular formula is C19H21F2N3. The summed E-state index contributed by atoms with van der Waals surface area (Å²) in [6.45, 7) is 8.12. The highest BCUT2D eigenvalue weighted by Gasteiger charge is 2.57. The summed E-state index contributed by atoms with van der Waals surface area (Å²) >= 11 is 0. The van der Waals surface area contributed by atoms with Crippen LogP contribution in [0.2, 0.25) is 0 Å². The van der Waals surface area contributed by atoms with E-state index in [0.29, 0.717) is 12.4 Å². The Labute approximate surface area is 141 Å². The number of hydrogen-bond donors (Lipinski definition) is 0. The molecule has 1 saturated carbocycles. The second-order valence-electron chi connectivity index (χ2n) is 6.45. The maximum atomic E-state index is 13.2. The summed E-state index contributed by atoms with van der Waals surface area (Å²) in [4.78, 5) is 1.85. The maximum Gasteiger partial charge on any atom is 0.252 e. The van der Waals surface area contributed by atoms with E-state index in [4.69, 9.17) is 0 Å². The maximum absolute atomic E-state index is 13.2. The van der Waals surface area contributed by atoms with Crippen molar-refractivity contribution in [1.82, 2.24) is 4.90 Å². The van der Waals surface area contributed by atoms with Gasteiger partial charge in [-0.15, -0.1) is 5.10 Å². The van der Waals surface area contributed by atoms with Gasteiger partial charge in [0.25, 0.3) is 5.92 Å². The minimum atomic E-state index is -2.55. The smallest absolute Gasteiger partial charge is 0.252 e. The molecule has 1 heterocycles. The molecule has 0 N–H and O–H groups in total. The van der Waals surface area contributed by atoms with Gasteiger partial charge in [0.2, 0.25) is 0 Å². The summed E-state index contributed by atoms with van der Waals surface area (Å²) in [6.07, 6.45) is 6.10. The molecule has 1 aliphatic carbocycles. The molecule has 1 aliphatic heterocycles. The molecule has 1 aromatic carbocycles. The average Bonchev–Trinajstić information content (AvgIpc) is 3.16. The number of alkyl halides is 2. The first-order chi connectivity index (χ1) is 11.4.